The first kappa shape index (κ1) is 26.1. The number of likely N-dealkylation sites (tertiary alicyclic amines) is 1. The van der Waals surface area contributed by atoms with Gasteiger partial charge in [0.15, 0.2) is 11.6 Å². The smallest absolute Gasteiger partial charge is 0.195 e. The maximum atomic E-state index is 14.9. The van der Waals surface area contributed by atoms with E-state index in [4.69, 9.17) is 14.2 Å². The lowest BCUT2D eigenvalue weighted by Gasteiger charge is -2.24. The van der Waals surface area contributed by atoms with Crippen LogP contribution in [0.5, 0.6) is 5.75 Å². The van der Waals surface area contributed by atoms with Crippen LogP contribution in [0.25, 0.3) is 10.9 Å². The van der Waals surface area contributed by atoms with Crippen LogP contribution in [0.4, 0.5) is 20.3 Å². The molecule has 3 aromatic rings. The zero-order valence-corrected chi connectivity index (χ0v) is 21.4. The minimum atomic E-state index is -0.797. The van der Waals surface area contributed by atoms with E-state index in [0.717, 1.165) is 0 Å². The number of Topliss-reactive ketones (excluding diaryl/α,β-unsaturated/α-hetero) is 1. The Bertz CT molecular complexity index is 1350. The minimum Gasteiger partial charge on any atom is -0.494 e. The maximum Gasteiger partial charge on any atom is 0.195 e. The van der Waals surface area contributed by atoms with Gasteiger partial charge >= 0.3 is 0 Å². The molecule has 2 saturated heterocycles. The monoisotopic (exact) mass is 524 g/mol. The van der Waals surface area contributed by atoms with Gasteiger partial charge in [0.05, 0.1) is 37.5 Å². The number of fused-ring (bicyclic) bond motifs is 2. The fourth-order valence-electron chi connectivity index (χ4n) is 4.78. The fraction of sp³-hybridized carbons (Fsp3) is 0.393. The first-order valence-corrected chi connectivity index (χ1v) is 12.7. The predicted octanol–water partition coefficient (Wildman–Crippen LogP) is 4.28. The van der Waals surface area contributed by atoms with E-state index < -0.39 is 11.6 Å². The van der Waals surface area contributed by atoms with Gasteiger partial charge in [0.1, 0.15) is 23.7 Å². The van der Waals surface area contributed by atoms with E-state index in [-0.39, 0.29) is 24.4 Å². The average Bonchev–Trinajstić information content (AvgIpc) is 3.33. The molecule has 2 aliphatic heterocycles. The van der Waals surface area contributed by atoms with Crippen molar-refractivity contribution in [2.75, 3.05) is 44.8 Å². The molecule has 2 fully saturated rings. The van der Waals surface area contributed by atoms with Crippen LogP contribution in [0.1, 0.15) is 18.1 Å². The summed E-state index contributed by atoms with van der Waals surface area (Å²) in [7, 11) is 0. The minimum absolute atomic E-state index is 0.00823. The van der Waals surface area contributed by atoms with Gasteiger partial charge in [0.2, 0.25) is 0 Å². The van der Waals surface area contributed by atoms with Crippen LogP contribution in [-0.4, -0.2) is 72.3 Å². The largest absolute Gasteiger partial charge is 0.494 e. The number of benzene rings is 2. The number of aromatic nitrogens is 2. The Balaban J connectivity index is 1.35. The van der Waals surface area contributed by atoms with Crippen LogP contribution in [0, 0.1) is 12.7 Å². The molecular weight excluding hydrogens is 494 g/mol. The number of ketones is 1. The molecule has 0 radical (unpaired) electrons. The molecule has 1 aromatic heterocycles. The van der Waals surface area contributed by atoms with E-state index in [1.807, 2.05) is 11.8 Å². The molecule has 0 spiro atoms. The van der Waals surface area contributed by atoms with Crippen LogP contribution in [0.3, 0.4) is 0 Å². The molecule has 2 aliphatic rings. The summed E-state index contributed by atoms with van der Waals surface area (Å²) in [5.41, 5.74) is 2.27. The van der Waals surface area contributed by atoms with Gasteiger partial charge < -0.3 is 19.5 Å². The van der Waals surface area contributed by atoms with Crippen LogP contribution >= 0.6 is 0 Å². The van der Waals surface area contributed by atoms with Gasteiger partial charge in [0, 0.05) is 48.8 Å². The summed E-state index contributed by atoms with van der Waals surface area (Å²) in [5.74, 6) is -0.802. The van der Waals surface area contributed by atoms with Crippen molar-refractivity contribution >= 4 is 28.2 Å². The predicted molar refractivity (Wildman–Crippen MR) is 139 cm³/mol. The number of allylic oxidation sites excluding steroid dienone is 1. The third-order valence-corrected chi connectivity index (χ3v) is 6.72. The van der Waals surface area contributed by atoms with Gasteiger partial charge in [-0.25, -0.2) is 18.7 Å². The molecule has 38 heavy (non-hydrogen) atoms. The normalized spacial score (nSPS) is 19.9. The lowest BCUT2D eigenvalue weighted by atomic mass is 10.0. The summed E-state index contributed by atoms with van der Waals surface area (Å²) in [6, 6.07) is 8.13. The molecule has 2 atom stereocenters. The van der Waals surface area contributed by atoms with Crippen molar-refractivity contribution in [2.24, 2.45) is 0 Å². The molecule has 2 aromatic carbocycles. The summed E-state index contributed by atoms with van der Waals surface area (Å²) >= 11 is 0. The average molecular weight is 525 g/mol. The summed E-state index contributed by atoms with van der Waals surface area (Å²) in [5, 5.41) is 3.82. The third kappa shape index (κ3) is 5.82. The first-order chi connectivity index (χ1) is 18.4. The molecule has 10 heteroatoms. The van der Waals surface area contributed by atoms with E-state index in [1.165, 1.54) is 18.5 Å². The molecule has 0 saturated carbocycles. The Morgan fingerprint density at radius 1 is 1.18 bits per heavy atom. The number of nitrogens with one attached hydrogen (secondary N) is 1. The Kier molecular flexibility index (Phi) is 7.92. The van der Waals surface area contributed by atoms with Crippen LogP contribution in [0.15, 0.2) is 48.6 Å². The highest BCUT2D eigenvalue weighted by atomic mass is 19.1. The van der Waals surface area contributed by atoms with Crippen molar-refractivity contribution < 1.29 is 27.8 Å². The number of rotatable bonds is 9. The van der Waals surface area contributed by atoms with Crippen molar-refractivity contribution in [2.45, 2.75) is 32.5 Å². The van der Waals surface area contributed by atoms with Gasteiger partial charge in [0.25, 0.3) is 0 Å². The zero-order valence-electron chi connectivity index (χ0n) is 21.4. The number of aryl methyl sites for hydroxylation is 1. The van der Waals surface area contributed by atoms with Crippen molar-refractivity contribution in [3.05, 3.63) is 65.5 Å². The molecule has 200 valence electrons. The van der Waals surface area contributed by atoms with E-state index in [2.05, 4.69) is 15.3 Å². The molecule has 8 nitrogen and oxygen atoms in total. The lowest BCUT2D eigenvalue weighted by Crippen LogP contribution is -2.36. The molecule has 0 amide bonds. The number of carbonyl (C=O) groups is 1. The molecular formula is C28H30F2N4O4. The Morgan fingerprint density at radius 3 is 2.66 bits per heavy atom. The number of hydrogen-bond acceptors (Lipinski definition) is 8. The second-order valence-electron chi connectivity index (χ2n) is 9.41. The quantitative estimate of drug-likeness (QED) is 0.415. The molecule has 0 aliphatic carbocycles. The van der Waals surface area contributed by atoms with Crippen molar-refractivity contribution in [3.8, 4) is 5.75 Å². The fourth-order valence-corrected chi connectivity index (χ4v) is 4.78. The number of anilines is 2. The van der Waals surface area contributed by atoms with Crippen molar-refractivity contribution in [1.82, 2.24) is 14.9 Å². The van der Waals surface area contributed by atoms with Crippen LogP contribution < -0.4 is 10.1 Å². The maximum absolute atomic E-state index is 14.9. The van der Waals surface area contributed by atoms with Gasteiger partial charge in [-0.15, -0.1) is 0 Å². The van der Waals surface area contributed by atoms with Gasteiger partial charge in [-0.2, -0.15) is 0 Å². The highest BCUT2D eigenvalue weighted by Crippen LogP contribution is 2.31. The Labute approximate surface area is 219 Å². The molecule has 0 bridgehead atoms. The number of halogens is 2. The van der Waals surface area contributed by atoms with Gasteiger partial charge in [-0.1, -0.05) is 0 Å². The van der Waals surface area contributed by atoms with E-state index in [9.17, 15) is 13.6 Å². The SMILES string of the molecule is CCOc1cc2ncnc(Nc3ccc(F)c(C)c3)c2cc1CC(=O)/C(F)=C\CN1C[C@@H]2OCCO[C@H]2C1. The second-order valence-corrected chi connectivity index (χ2v) is 9.41. The second kappa shape index (κ2) is 11.5. The van der Waals surface area contributed by atoms with Crippen molar-refractivity contribution in [1.29, 1.82) is 0 Å². The molecule has 3 heterocycles. The summed E-state index contributed by atoms with van der Waals surface area (Å²) in [6.45, 7) is 6.60. The Hall–Kier alpha value is -3.47. The van der Waals surface area contributed by atoms with Crippen LogP contribution in [0.2, 0.25) is 0 Å². The zero-order chi connectivity index (χ0) is 26.6. The van der Waals surface area contributed by atoms with Crippen LogP contribution in [-0.2, 0) is 20.7 Å². The highest BCUT2D eigenvalue weighted by molar-refractivity contribution is 5.97. The van der Waals surface area contributed by atoms with Gasteiger partial charge in [-0.3, -0.25) is 9.69 Å². The number of nitrogens with zero attached hydrogens (tertiary/aromatic N) is 3. The summed E-state index contributed by atoms with van der Waals surface area (Å²) in [6.07, 6.45) is 2.52. The number of ether oxygens (including phenoxy) is 3. The third-order valence-electron chi connectivity index (χ3n) is 6.72. The highest BCUT2D eigenvalue weighted by Gasteiger charge is 2.36. The lowest BCUT2D eigenvalue weighted by molar-refractivity contribution is -0.116. The first-order valence-electron chi connectivity index (χ1n) is 12.7. The summed E-state index contributed by atoms with van der Waals surface area (Å²) in [4.78, 5) is 23.5. The van der Waals surface area contributed by atoms with E-state index in [0.29, 0.717) is 78.7 Å². The topological polar surface area (TPSA) is 85.8 Å². The Morgan fingerprint density at radius 2 is 1.95 bits per heavy atom. The molecule has 5 rings (SSSR count). The summed E-state index contributed by atoms with van der Waals surface area (Å²) < 4.78 is 45.8. The molecule has 0 unspecified atom stereocenters. The number of hydrogen-bond donors (Lipinski definition) is 1. The molecule has 1 N–H and O–H groups in total. The van der Waals surface area contributed by atoms with E-state index in [1.54, 1.807) is 31.2 Å². The number of carbonyl (C=O) groups excluding carboxylic acids is 1. The van der Waals surface area contributed by atoms with Crippen molar-refractivity contribution in [3.63, 3.8) is 0 Å². The van der Waals surface area contributed by atoms with Gasteiger partial charge in [-0.05, 0) is 49.8 Å². The standard InChI is InChI=1S/C28H30F2N4O4/c1-3-36-25-13-23-20(28(32-16-31-23)33-19-4-5-21(29)17(2)10-19)11-18(25)12-24(35)22(30)6-7-34-14-26-27(15-34)38-9-8-37-26/h4-6,10-11,13,16,26-27H,3,7-9,12,14-15H2,1-2H3,(H,31,32,33)/b22-6+/t26-,27-/m0/s1. The van der Waals surface area contributed by atoms with E-state index >= 15 is 0 Å².